The van der Waals surface area contributed by atoms with E-state index in [0.29, 0.717) is 19.4 Å². The van der Waals surface area contributed by atoms with Gasteiger partial charge >= 0.3 is 5.97 Å². The molecule has 0 radical (unpaired) electrons. The molecule has 5 nitrogen and oxygen atoms in total. The molecule has 28 heavy (non-hydrogen) atoms. The van der Waals surface area contributed by atoms with Gasteiger partial charge in [-0.05, 0) is 30.0 Å². The van der Waals surface area contributed by atoms with Crippen LogP contribution in [0.5, 0.6) is 0 Å². The molecule has 0 saturated heterocycles. The highest BCUT2D eigenvalue weighted by Crippen LogP contribution is 2.30. The first-order valence-corrected chi connectivity index (χ1v) is 10.3. The zero-order chi connectivity index (χ0) is 19.6. The number of hydrogen-bond acceptors (Lipinski definition) is 4. The molecule has 1 N–H and O–H groups in total. The van der Waals surface area contributed by atoms with E-state index < -0.39 is 0 Å². The summed E-state index contributed by atoms with van der Waals surface area (Å²) in [5.74, 6) is -0.132. The summed E-state index contributed by atoms with van der Waals surface area (Å²) in [5, 5.41) is 11.2. The van der Waals surface area contributed by atoms with E-state index in [1.807, 2.05) is 30.3 Å². The van der Waals surface area contributed by atoms with Crippen LogP contribution in [0.4, 0.5) is 0 Å². The van der Waals surface area contributed by atoms with E-state index in [1.54, 1.807) is 0 Å². The smallest absolute Gasteiger partial charge is 0.306 e. The number of benzene rings is 2. The Morgan fingerprint density at radius 3 is 2.57 bits per heavy atom. The monoisotopic (exact) mass is 379 g/mol. The molecule has 0 amide bonds. The van der Waals surface area contributed by atoms with Gasteiger partial charge in [0.1, 0.15) is 11.0 Å². The lowest BCUT2D eigenvalue weighted by Crippen LogP contribution is -2.07. The number of ether oxygens (including phenoxy) is 1. The van der Waals surface area contributed by atoms with Crippen LogP contribution in [0, 0.1) is 0 Å². The molecule has 1 aromatic heterocycles. The Morgan fingerprint density at radius 1 is 0.964 bits per heavy atom. The molecule has 0 aliphatic carbocycles. The van der Waals surface area contributed by atoms with Crippen molar-refractivity contribution in [3.8, 4) is 11.1 Å². The maximum atomic E-state index is 12.2. The lowest BCUT2D eigenvalue weighted by molar-refractivity contribution is -0.143. The number of H-pyrrole nitrogens is 1. The van der Waals surface area contributed by atoms with Crippen LogP contribution < -0.4 is 0 Å². The number of nitrogens with zero attached hydrogens (tertiary/aromatic N) is 2. The highest BCUT2D eigenvalue weighted by molar-refractivity contribution is 5.93. The van der Waals surface area contributed by atoms with E-state index >= 15 is 0 Å². The molecule has 0 spiro atoms. The fraction of sp³-hybridized carbons (Fsp3) is 0.435. The summed E-state index contributed by atoms with van der Waals surface area (Å²) in [7, 11) is 0. The first kappa shape index (κ1) is 20.1. The third-order valence-corrected chi connectivity index (χ3v) is 5.00. The number of unbranched alkanes of at least 4 members (excludes halogenated alkanes) is 5. The first-order chi connectivity index (χ1) is 13.8. The molecule has 3 rings (SSSR count). The molecule has 0 unspecified atom stereocenters. The van der Waals surface area contributed by atoms with Gasteiger partial charge in [0, 0.05) is 12.0 Å². The van der Waals surface area contributed by atoms with Crippen molar-refractivity contribution in [1.29, 1.82) is 0 Å². The molecule has 5 heteroatoms. The third-order valence-electron chi connectivity index (χ3n) is 5.00. The Morgan fingerprint density at radius 2 is 1.75 bits per heavy atom. The molecule has 0 aliphatic rings. The molecular weight excluding hydrogens is 350 g/mol. The van der Waals surface area contributed by atoms with Gasteiger partial charge in [0.05, 0.1) is 6.61 Å². The molecule has 0 fully saturated rings. The van der Waals surface area contributed by atoms with Gasteiger partial charge in [-0.2, -0.15) is 15.4 Å². The minimum Gasteiger partial charge on any atom is -0.466 e. The van der Waals surface area contributed by atoms with Crippen LogP contribution in [-0.4, -0.2) is 28.0 Å². The Hall–Kier alpha value is -2.69. The number of esters is 1. The zero-order valence-electron chi connectivity index (χ0n) is 16.6. The van der Waals surface area contributed by atoms with Crippen LogP contribution in [0.25, 0.3) is 22.2 Å². The lowest BCUT2D eigenvalue weighted by Gasteiger charge is -2.10. The predicted molar refractivity (Wildman–Crippen MR) is 112 cm³/mol. The number of aryl methyl sites for hydroxylation is 1. The number of nitrogens with one attached hydrogen (secondary N) is 1. The Bertz CT molecular complexity index is 874. The first-order valence-electron chi connectivity index (χ1n) is 10.3. The van der Waals surface area contributed by atoms with Crippen molar-refractivity contribution in [1.82, 2.24) is 15.4 Å². The van der Waals surface area contributed by atoms with Crippen molar-refractivity contribution in [3.05, 3.63) is 48.0 Å². The fourth-order valence-corrected chi connectivity index (χ4v) is 3.47. The number of aromatic amines is 1. The quantitative estimate of drug-likeness (QED) is 0.355. The zero-order valence-corrected chi connectivity index (χ0v) is 16.6. The van der Waals surface area contributed by atoms with E-state index in [9.17, 15) is 4.79 Å². The molecular formula is C23H29N3O2. The largest absolute Gasteiger partial charge is 0.466 e. The number of hydrogen-bond donors (Lipinski definition) is 1. The van der Waals surface area contributed by atoms with Crippen molar-refractivity contribution in [2.45, 2.75) is 58.3 Å². The summed E-state index contributed by atoms with van der Waals surface area (Å²) in [4.78, 5) is 12.2. The average molecular weight is 380 g/mol. The lowest BCUT2D eigenvalue weighted by atomic mass is 9.95. The van der Waals surface area contributed by atoms with Gasteiger partial charge < -0.3 is 4.74 Å². The average Bonchev–Trinajstić information content (AvgIpc) is 3.20. The summed E-state index contributed by atoms with van der Waals surface area (Å²) < 4.78 is 5.42. The number of rotatable bonds is 11. The van der Waals surface area contributed by atoms with Crippen molar-refractivity contribution < 1.29 is 9.53 Å². The van der Waals surface area contributed by atoms with Crippen LogP contribution in [0.1, 0.15) is 57.4 Å². The summed E-state index contributed by atoms with van der Waals surface area (Å²) in [6, 6.07) is 14.1. The van der Waals surface area contributed by atoms with Gasteiger partial charge in [0.25, 0.3) is 0 Å². The van der Waals surface area contributed by atoms with Crippen molar-refractivity contribution in [2.75, 3.05) is 6.61 Å². The number of fused-ring (bicyclic) bond motifs is 1. The number of carbonyl (C=O) groups excluding carboxylic acids is 1. The predicted octanol–water partition coefficient (Wildman–Crippen LogP) is 5.46. The van der Waals surface area contributed by atoms with Gasteiger partial charge in [-0.1, -0.05) is 75.4 Å². The van der Waals surface area contributed by atoms with Gasteiger partial charge in [-0.25, -0.2) is 0 Å². The highest BCUT2D eigenvalue weighted by Gasteiger charge is 2.14. The molecule has 0 atom stereocenters. The summed E-state index contributed by atoms with van der Waals surface area (Å²) in [6.07, 6.45) is 8.13. The van der Waals surface area contributed by atoms with Crippen LogP contribution in [0.2, 0.25) is 0 Å². The molecule has 3 aromatic rings. The van der Waals surface area contributed by atoms with Gasteiger partial charge in [0.15, 0.2) is 0 Å². The van der Waals surface area contributed by atoms with E-state index in [2.05, 4.69) is 34.5 Å². The normalized spacial score (nSPS) is 11.0. The number of carbonyl (C=O) groups is 1. The Balaban J connectivity index is 1.57. The van der Waals surface area contributed by atoms with Crippen LogP contribution in [0.15, 0.2) is 42.5 Å². The molecule has 0 aliphatic heterocycles. The second-order valence-electron chi connectivity index (χ2n) is 7.15. The second kappa shape index (κ2) is 10.6. The van der Waals surface area contributed by atoms with Crippen LogP contribution in [-0.2, 0) is 16.0 Å². The molecule has 0 bridgehead atoms. The summed E-state index contributed by atoms with van der Waals surface area (Å²) in [6.45, 7) is 2.74. The van der Waals surface area contributed by atoms with Crippen molar-refractivity contribution in [2.24, 2.45) is 0 Å². The van der Waals surface area contributed by atoms with Crippen molar-refractivity contribution >= 4 is 17.0 Å². The van der Waals surface area contributed by atoms with E-state index in [4.69, 9.17) is 4.74 Å². The van der Waals surface area contributed by atoms with Gasteiger partial charge in [-0.15, -0.1) is 0 Å². The van der Waals surface area contributed by atoms with E-state index in [0.717, 1.165) is 40.6 Å². The molecule has 2 aromatic carbocycles. The molecule has 0 saturated carbocycles. The fourth-order valence-electron chi connectivity index (χ4n) is 3.47. The van der Waals surface area contributed by atoms with E-state index in [1.165, 1.54) is 25.7 Å². The standard InChI is InChI=1S/C23H29N3O2/c1-2-3-4-5-6-10-17-28-21(27)16-14-19-13-15-20-23(25-26-24-20)22(19)18-11-8-7-9-12-18/h7-9,11-13,15H,2-6,10,14,16-17H2,1H3,(H,24,25,26). The Labute approximate surface area is 166 Å². The Kier molecular flexibility index (Phi) is 7.59. The second-order valence-corrected chi connectivity index (χ2v) is 7.15. The van der Waals surface area contributed by atoms with E-state index in [-0.39, 0.29) is 5.97 Å². The minimum absolute atomic E-state index is 0.132. The van der Waals surface area contributed by atoms with Crippen LogP contribution in [0.3, 0.4) is 0 Å². The summed E-state index contributed by atoms with van der Waals surface area (Å²) >= 11 is 0. The summed E-state index contributed by atoms with van der Waals surface area (Å²) in [5.41, 5.74) is 4.87. The number of aromatic nitrogens is 3. The SMILES string of the molecule is CCCCCCCCOC(=O)CCc1ccc2n[nH]nc2c1-c1ccccc1. The van der Waals surface area contributed by atoms with Gasteiger partial charge in [0.2, 0.25) is 0 Å². The molecule has 1 heterocycles. The maximum absolute atomic E-state index is 12.2. The van der Waals surface area contributed by atoms with Crippen molar-refractivity contribution in [3.63, 3.8) is 0 Å². The van der Waals surface area contributed by atoms with Gasteiger partial charge in [-0.3, -0.25) is 4.79 Å². The molecule has 148 valence electrons. The third kappa shape index (κ3) is 5.41. The topological polar surface area (TPSA) is 67.9 Å². The maximum Gasteiger partial charge on any atom is 0.306 e. The van der Waals surface area contributed by atoms with Crippen LogP contribution >= 0.6 is 0 Å². The minimum atomic E-state index is -0.132. The highest BCUT2D eigenvalue weighted by atomic mass is 16.5.